The molecule has 2 aliphatic carbocycles. The van der Waals surface area contributed by atoms with Gasteiger partial charge in [0.2, 0.25) is 0 Å². The molecule has 2 aliphatic rings. The lowest BCUT2D eigenvalue weighted by atomic mass is 9.89. The fraction of sp³-hybridized carbons (Fsp3) is 1.00. The van der Waals surface area contributed by atoms with E-state index in [1.807, 2.05) is 0 Å². The molecule has 2 saturated carbocycles. The largest absolute Gasteiger partial charge is 0.389 e. The minimum Gasteiger partial charge on any atom is -0.389 e. The first-order valence-corrected chi connectivity index (χ1v) is 9.16. The van der Waals surface area contributed by atoms with Gasteiger partial charge in [0.1, 0.15) is 0 Å². The fourth-order valence-electron chi connectivity index (χ4n) is 3.70. The van der Waals surface area contributed by atoms with Crippen LogP contribution in [0.25, 0.3) is 0 Å². The Bertz CT molecular complexity index is 276. The summed E-state index contributed by atoms with van der Waals surface area (Å²) in [5.41, 5.74) is 0. The Morgan fingerprint density at radius 1 is 0.952 bits per heavy atom. The maximum atomic E-state index is 10.1. The van der Waals surface area contributed by atoms with Crippen LogP contribution in [0.1, 0.15) is 71.6 Å². The van der Waals surface area contributed by atoms with Crippen LogP contribution in [0.3, 0.4) is 0 Å². The van der Waals surface area contributed by atoms with Crippen molar-refractivity contribution in [2.75, 3.05) is 13.2 Å². The summed E-state index contributed by atoms with van der Waals surface area (Å²) in [7, 11) is 0. The van der Waals surface area contributed by atoms with Crippen LogP contribution >= 0.6 is 0 Å². The van der Waals surface area contributed by atoms with E-state index in [-0.39, 0.29) is 6.10 Å². The molecule has 0 aliphatic heterocycles. The molecule has 2 rings (SSSR count). The number of ether oxygens (including phenoxy) is 1. The monoisotopic (exact) mass is 297 g/mol. The van der Waals surface area contributed by atoms with Gasteiger partial charge >= 0.3 is 0 Å². The molecule has 21 heavy (non-hydrogen) atoms. The van der Waals surface area contributed by atoms with E-state index in [0.29, 0.717) is 25.3 Å². The van der Waals surface area contributed by atoms with E-state index in [4.69, 9.17) is 4.74 Å². The molecule has 0 heterocycles. The molecule has 2 fully saturated rings. The highest BCUT2D eigenvalue weighted by atomic mass is 16.5. The highest BCUT2D eigenvalue weighted by molar-refractivity contribution is 4.75. The molecule has 0 spiro atoms. The number of nitrogens with one attached hydrogen (secondary N) is 1. The zero-order valence-corrected chi connectivity index (χ0v) is 14.0. The van der Waals surface area contributed by atoms with Crippen LogP contribution in [0.15, 0.2) is 0 Å². The first kappa shape index (κ1) is 17.2. The van der Waals surface area contributed by atoms with E-state index in [1.165, 1.54) is 57.8 Å². The van der Waals surface area contributed by atoms with Crippen molar-refractivity contribution in [3.8, 4) is 0 Å². The van der Waals surface area contributed by atoms with Gasteiger partial charge in [-0.25, -0.2) is 0 Å². The van der Waals surface area contributed by atoms with Crippen molar-refractivity contribution in [2.24, 2.45) is 11.8 Å². The minimum atomic E-state index is -0.356. The topological polar surface area (TPSA) is 41.5 Å². The normalized spacial score (nSPS) is 36.1. The third-order valence-corrected chi connectivity index (χ3v) is 5.39. The van der Waals surface area contributed by atoms with Gasteiger partial charge in [-0.15, -0.1) is 0 Å². The molecule has 0 amide bonds. The second kappa shape index (κ2) is 9.12. The van der Waals surface area contributed by atoms with Crippen LogP contribution in [-0.4, -0.2) is 36.5 Å². The first-order chi connectivity index (χ1) is 10.1. The van der Waals surface area contributed by atoms with Gasteiger partial charge in [0.25, 0.3) is 0 Å². The molecule has 0 aromatic carbocycles. The molecule has 0 aromatic rings. The summed E-state index contributed by atoms with van der Waals surface area (Å²) >= 11 is 0. The van der Waals surface area contributed by atoms with Crippen molar-refractivity contribution in [2.45, 2.75) is 89.9 Å². The quantitative estimate of drug-likeness (QED) is 0.737. The zero-order chi connectivity index (χ0) is 15.1. The Labute approximate surface area is 130 Å². The van der Waals surface area contributed by atoms with Crippen molar-refractivity contribution >= 4 is 0 Å². The lowest BCUT2D eigenvalue weighted by Crippen LogP contribution is -2.38. The number of aliphatic hydroxyl groups is 1. The van der Waals surface area contributed by atoms with Crippen LogP contribution in [0.5, 0.6) is 0 Å². The van der Waals surface area contributed by atoms with E-state index >= 15 is 0 Å². The van der Waals surface area contributed by atoms with E-state index in [1.54, 1.807) is 0 Å². The standard InChI is InChI=1S/C18H35NO2/c1-14-4-3-5-16(9-6-14)19-12-17(20)13-21-18-10-7-15(2)8-11-18/h14-20H,3-13H2,1-2H3. The highest BCUT2D eigenvalue weighted by Gasteiger charge is 2.20. The van der Waals surface area contributed by atoms with E-state index in [9.17, 15) is 5.11 Å². The summed E-state index contributed by atoms with van der Waals surface area (Å²) in [5, 5.41) is 13.6. The summed E-state index contributed by atoms with van der Waals surface area (Å²) in [4.78, 5) is 0. The van der Waals surface area contributed by atoms with Crippen molar-refractivity contribution in [3.63, 3.8) is 0 Å². The van der Waals surface area contributed by atoms with Crippen LogP contribution in [0, 0.1) is 11.8 Å². The van der Waals surface area contributed by atoms with Gasteiger partial charge in [-0.3, -0.25) is 0 Å². The summed E-state index contributed by atoms with van der Waals surface area (Å²) in [6.07, 6.45) is 11.5. The third kappa shape index (κ3) is 6.66. The SMILES string of the molecule is CC1CCCC(NCC(O)COC2CCC(C)CC2)CC1. The molecular weight excluding hydrogens is 262 g/mol. The van der Waals surface area contributed by atoms with Crippen LogP contribution < -0.4 is 5.32 Å². The molecule has 0 saturated heterocycles. The molecule has 3 nitrogen and oxygen atoms in total. The van der Waals surface area contributed by atoms with Crippen LogP contribution in [0.4, 0.5) is 0 Å². The molecule has 3 heteroatoms. The summed E-state index contributed by atoms with van der Waals surface area (Å²) < 4.78 is 5.88. The van der Waals surface area contributed by atoms with Gasteiger partial charge in [-0.2, -0.15) is 0 Å². The lowest BCUT2D eigenvalue weighted by Gasteiger charge is -2.27. The first-order valence-electron chi connectivity index (χ1n) is 9.16. The number of hydrogen-bond donors (Lipinski definition) is 2. The molecule has 0 bridgehead atoms. The second-order valence-corrected chi connectivity index (χ2v) is 7.59. The minimum absolute atomic E-state index is 0.356. The van der Waals surface area contributed by atoms with Gasteiger partial charge in [-0.05, 0) is 56.8 Å². The molecule has 0 aromatic heterocycles. The summed E-state index contributed by atoms with van der Waals surface area (Å²) in [5.74, 6) is 1.73. The van der Waals surface area contributed by atoms with Crippen molar-refractivity contribution in [1.29, 1.82) is 0 Å². The number of hydrogen-bond acceptors (Lipinski definition) is 3. The van der Waals surface area contributed by atoms with Crippen LogP contribution in [-0.2, 0) is 4.74 Å². The van der Waals surface area contributed by atoms with Gasteiger partial charge in [0.15, 0.2) is 0 Å². The van der Waals surface area contributed by atoms with Gasteiger partial charge < -0.3 is 15.2 Å². The van der Waals surface area contributed by atoms with Crippen molar-refractivity contribution < 1.29 is 9.84 Å². The van der Waals surface area contributed by atoms with Crippen LogP contribution in [0.2, 0.25) is 0 Å². The summed E-state index contributed by atoms with van der Waals surface area (Å²) in [6.45, 7) is 5.86. The third-order valence-electron chi connectivity index (χ3n) is 5.39. The average molecular weight is 297 g/mol. The lowest BCUT2D eigenvalue weighted by molar-refractivity contribution is -0.0284. The Morgan fingerprint density at radius 3 is 2.38 bits per heavy atom. The predicted octanol–water partition coefficient (Wildman–Crippen LogP) is 3.50. The highest BCUT2D eigenvalue weighted by Crippen LogP contribution is 2.25. The number of aliphatic hydroxyl groups excluding tert-OH is 1. The maximum Gasteiger partial charge on any atom is 0.0897 e. The maximum absolute atomic E-state index is 10.1. The molecular formula is C18H35NO2. The second-order valence-electron chi connectivity index (χ2n) is 7.59. The van der Waals surface area contributed by atoms with Gasteiger partial charge in [-0.1, -0.05) is 26.7 Å². The fourth-order valence-corrected chi connectivity index (χ4v) is 3.70. The predicted molar refractivity (Wildman–Crippen MR) is 87.4 cm³/mol. The molecule has 124 valence electrons. The summed E-state index contributed by atoms with van der Waals surface area (Å²) in [6, 6.07) is 0.597. The molecule has 0 radical (unpaired) electrons. The van der Waals surface area contributed by atoms with Gasteiger partial charge in [0.05, 0.1) is 18.8 Å². The molecule has 2 N–H and O–H groups in total. The van der Waals surface area contributed by atoms with Gasteiger partial charge in [0, 0.05) is 12.6 Å². The average Bonchev–Trinajstić information content (AvgIpc) is 2.69. The van der Waals surface area contributed by atoms with E-state index in [2.05, 4.69) is 19.2 Å². The smallest absolute Gasteiger partial charge is 0.0897 e. The van der Waals surface area contributed by atoms with Crippen molar-refractivity contribution in [3.05, 3.63) is 0 Å². The number of rotatable bonds is 6. The Morgan fingerprint density at radius 2 is 1.62 bits per heavy atom. The molecule has 3 atom stereocenters. The van der Waals surface area contributed by atoms with E-state index < -0.39 is 0 Å². The van der Waals surface area contributed by atoms with Crippen molar-refractivity contribution in [1.82, 2.24) is 5.32 Å². The Kier molecular flexibility index (Phi) is 7.48. The Balaban J connectivity index is 1.55. The zero-order valence-electron chi connectivity index (χ0n) is 14.0. The Hall–Kier alpha value is -0.120. The van der Waals surface area contributed by atoms with E-state index in [0.717, 1.165) is 11.8 Å². The molecule has 3 unspecified atom stereocenters.